The van der Waals surface area contributed by atoms with Crippen molar-refractivity contribution >= 4 is 17.5 Å². The van der Waals surface area contributed by atoms with Gasteiger partial charge in [0, 0.05) is 18.2 Å². The summed E-state index contributed by atoms with van der Waals surface area (Å²) in [5.41, 5.74) is 0.520. The smallest absolute Gasteiger partial charge is 0.328 e. The number of hydrogen-bond donors (Lipinski definition) is 0. The highest BCUT2D eigenvalue weighted by Gasteiger charge is 2.38. The molecule has 1 unspecified atom stereocenters. The first kappa shape index (κ1) is 14.3. The summed E-state index contributed by atoms with van der Waals surface area (Å²) in [6.07, 6.45) is 2.64. The van der Waals surface area contributed by atoms with Crippen LogP contribution in [0.1, 0.15) is 19.8 Å². The zero-order chi connectivity index (χ0) is 14.9. The summed E-state index contributed by atoms with van der Waals surface area (Å²) >= 11 is 0. The average molecular weight is 279 g/mol. The largest absolute Gasteiger partial charge is 0.492 e. The molecule has 1 heterocycles. The first-order valence-electron chi connectivity index (χ1n) is 6.41. The Bertz CT molecular complexity index is 532. The van der Waals surface area contributed by atoms with Gasteiger partial charge < -0.3 is 14.4 Å². The van der Waals surface area contributed by atoms with E-state index in [2.05, 4.69) is 0 Å². The molecule has 0 radical (unpaired) electrons. The van der Waals surface area contributed by atoms with Gasteiger partial charge in [0.05, 0.1) is 19.9 Å². The molecule has 20 heavy (non-hydrogen) atoms. The summed E-state index contributed by atoms with van der Waals surface area (Å²) in [6, 6.07) is -0.500. The number of Topliss-reactive ketones (excluding diaryl/α,β-unsaturated/α-hetero) is 1. The van der Waals surface area contributed by atoms with Gasteiger partial charge >= 0.3 is 5.97 Å². The molecular formula is C14H17NO5. The Morgan fingerprint density at radius 3 is 2.65 bits per heavy atom. The minimum Gasteiger partial charge on any atom is -0.492 e. The number of rotatable bonds is 3. The standard InChI is InChI=1S/C14H17NO5/c1-8-12(17)10(7-11(16)13(8)19-2)15-6-4-5-9(15)14(18)20-3/h7,9H,4-6H2,1-3H3. The molecule has 0 bridgehead atoms. The molecule has 2 aliphatic rings. The van der Waals surface area contributed by atoms with Gasteiger partial charge in [-0.3, -0.25) is 9.59 Å². The molecule has 6 nitrogen and oxygen atoms in total. The predicted octanol–water partition coefficient (Wildman–Crippen LogP) is 0.580. The Morgan fingerprint density at radius 1 is 1.35 bits per heavy atom. The van der Waals surface area contributed by atoms with Crippen LogP contribution in [-0.4, -0.2) is 49.2 Å². The second-order valence-corrected chi connectivity index (χ2v) is 4.76. The molecule has 0 saturated carbocycles. The predicted molar refractivity (Wildman–Crippen MR) is 69.6 cm³/mol. The number of ether oxygens (including phenoxy) is 2. The lowest BCUT2D eigenvalue weighted by atomic mass is 9.98. The number of ketones is 2. The zero-order valence-corrected chi connectivity index (χ0v) is 11.8. The first-order valence-corrected chi connectivity index (χ1v) is 6.41. The van der Waals surface area contributed by atoms with E-state index in [1.54, 1.807) is 11.8 Å². The Labute approximate surface area is 117 Å². The third-order valence-electron chi connectivity index (χ3n) is 3.65. The molecular weight excluding hydrogens is 262 g/mol. The zero-order valence-electron chi connectivity index (χ0n) is 11.8. The van der Waals surface area contributed by atoms with E-state index in [0.717, 1.165) is 6.42 Å². The SMILES string of the molecule is COC(=O)C1CCCN1C1=CC(=O)C(OC)=C(C)C1=O. The molecule has 0 aromatic heterocycles. The molecule has 0 aromatic rings. The van der Waals surface area contributed by atoms with Crippen LogP contribution >= 0.6 is 0 Å². The van der Waals surface area contributed by atoms with Crippen molar-refractivity contribution in [2.24, 2.45) is 0 Å². The number of esters is 1. The Kier molecular flexibility index (Phi) is 3.92. The Balaban J connectivity index is 2.32. The minimum absolute atomic E-state index is 0.0626. The maximum Gasteiger partial charge on any atom is 0.328 e. The Hall–Kier alpha value is -2.11. The van der Waals surface area contributed by atoms with E-state index in [1.807, 2.05) is 0 Å². The van der Waals surface area contributed by atoms with Gasteiger partial charge in [-0.2, -0.15) is 0 Å². The lowest BCUT2D eigenvalue weighted by molar-refractivity contribution is -0.145. The van der Waals surface area contributed by atoms with Gasteiger partial charge in [0.25, 0.3) is 0 Å². The minimum atomic E-state index is -0.500. The van der Waals surface area contributed by atoms with Crippen LogP contribution in [0.4, 0.5) is 0 Å². The fourth-order valence-electron chi connectivity index (χ4n) is 2.64. The molecule has 1 aliphatic carbocycles. The van der Waals surface area contributed by atoms with Gasteiger partial charge in [-0.1, -0.05) is 0 Å². The summed E-state index contributed by atoms with van der Waals surface area (Å²) in [5.74, 6) is -0.956. The van der Waals surface area contributed by atoms with Gasteiger partial charge in [-0.25, -0.2) is 4.79 Å². The van der Waals surface area contributed by atoms with Crippen LogP contribution in [0.15, 0.2) is 23.1 Å². The van der Waals surface area contributed by atoms with Crippen molar-refractivity contribution < 1.29 is 23.9 Å². The van der Waals surface area contributed by atoms with Gasteiger partial charge in [-0.15, -0.1) is 0 Å². The van der Waals surface area contributed by atoms with Crippen LogP contribution in [0, 0.1) is 0 Å². The van der Waals surface area contributed by atoms with E-state index in [-0.39, 0.29) is 34.6 Å². The molecule has 0 N–H and O–H groups in total. The van der Waals surface area contributed by atoms with E-state index >= 15 is 0 Å². The maximum absolute atomic E-state index is 12.3. The van der Waals surface area contributed by atoms with Crippen molar-refractivity contribution in [3.63, 3.8) is 0 Å². The molecule has 1 saturated heterocycles. The number of allylic oxidation sites excluding steroid dienone is 2. The van der Waals surface area contributed by atoms with Gasteiger partial charge in [0.2, 0.25) is 11.6 Å². The average Bonchev–Trinajstić information content (AvgIpc) is 2.91. The van der Waals surface area contributed by atoms with Crippen LogP contribution in [0.3, 0.4) is 0 Å². The van der Waals surface area contributed by atoms with E-state index in [1.165, 1.54) is 20.3 Å². The highest BCUT2D eigenvalue weighted by atomic mass is 16.5. The van der Waals surface area contributed by atoms with Crippen LogP contribution < -0.4 is 0 Å². The highest BCUT2D eigenvalue weighted by molar-refractivity contribution is 6.21. The normalized spacial score (nSPS) is 23.1. The van der Waals surface area contributed by atoms with Crippen molar-refractivity contribution in [1.29, 1.82) is 0 Å². The van der Waals surface area contributed by atoms with Gasteiger partial charge in [0.15, 0.2) is 5.76 Å². The number of nitrogens with zero attached hydrogens (tertiary/aromatic N) is 1. The summed E-state index contributed by atoms with van der Waals surface area (Å²) in [7, 11) is 2.67. The van der Waals surface area contributed by atoms with Crippen LogP contribution in [-0.2, 0) is 23.9 Å². The van der Waals surface area contributed by atoms with Gasteiger partial charge in [-0.05, 0) is 19.8 Å². The molecule has 1 atom stereocenters. The van der Waals surface area contributed by atoms with E-state index < -0.39 is 6.04 Å². The molecule has 2 rings (SSSR count). The van der Waals surface area contributed by atoms with E-state index in [0.29, 0.717) is 13.0 Å². The second-order valence-electron chi connectivity index (χ2n) is 4.76. The lowest BCUT2D eigenvalue weighted by Crippen LogP contribution is -2.40. The molecule has 0 aromatic carbocycles. The Morgan fingerprint density at radius 2 is 2.05 bits per heavy atom. The molecule has 0 amide bonds. The van der Waals surface area contributed by atoms with Crippen LogP contribution in [0.25, 0.3) is 0 Å². The van der Waals surface area contributed by atoms with Crippen molar-refractivity contribution in [3.8, 4) is 0 Å². The quantitative estimate of drug-likeness (QED) is 0.556. The molecule has 1 fully saturated rings. The third kappa shape index (κ3) is 2.21. The van der Waals surface area contributed by atoms with Crippen LogP contribution in [0.2, 0.25) is 0 Å². The third-order valence-corrected chi connectivity index (χ3v) is 3.65. The maximum atomic E-state index is 12.3. The molecule has 0 spiro atoms. The van der Waals surface area contributed by atoms with Gasteiger partial charge in [0.1, 0.15) is 6.04 Å². The molecule has 108 valence electrons. The monoisotopic (exact) mass is 279 g/mol. The number of carbonyl (C=O) groups is 3. The van der Waals surface area contributed by atoms with E-state index in [4.69, 9.17) is 9.47 Å². The highest BCUT2D eigenvalue weighted by Crippen LogP contribution is 2.29. The van der Waals surface area contributed by atoms with Crippen molar-refractivity contribution in [2.45, 2.75) is 25.8 Å². The molecule has 1 aliphatic heterocycles. The van der Waals surface area contributed by atoms with Crippen molar-refractivity contribution in [1.82, 2.24) is 4.90 Å². The second kappa shape index (κ2) is 5.48. The fourth-order valence-corrected chi connectivity index (χ4v) is 2.64. The fraction of sp³-hybridized carbons (Fsp3) is 0.500. The van der Waals surface area contributed by atoms with Crippen molar-refractivity contribution in [2.75, 3.05) is 20.8 Å². The van der Waals surface area contributed by atoms with Crippen molar-refractivity contribution in [3.05, 3.63) is 23.1 Å². The van der Waals surface area contributed by atoms with E-state index in [9.17, 15) is 14.4 Å². The summed E-state index contributed by atoms with van der Waals surface area (Å²) in [4.78, 5) is 37.7. The lowest BCUT2D eigenvalue weighted by Gasteiger charge is -2.28. The van der Waals surface area contributed by atoms with Crippen LogP contribution in [0.5, 0.6) is 0 Å². The number of carbonyl (C=O) groups excluding carboxylic acids is 3. The first-order chi connectivity index (χ1) is 9.51. The number of likely N-dealkylation sites (tertiary alicyclic amines) is 1. The summed E-state index contributed by atoms with van der Waals surface area (Å²) < 4.78 is 9.69. The summed E-state index contributed by atoms with van der Waals surface area (Å²) in [5, 5.41) is 0. The number of methoxy groups -OCH3 is 2. The molecule has 6 heteroatoms. The number of hydrogen-bond acceptors (Lipinski definition) is 6. The summed E-state index contributed by atoms with van der Waals surface area (Å²) in [6.45, 7) is 2.11. The topological polar surface area (TPSA) is 72.9 Å².